The van der Waals surface area contributed by atoms with Crippen LogP contribution >= 0.6 is 11.3 Å². The maximum Gasteiger partial charge on any atom is 0.252 e. The van der Waals surface area contributed by atoms with Crippen molar-refractivity contribution in [3.05, 3.63) is 53.1 Å². The number of piperidine rings is 1. The highest BCUT2D eigenvalue weighted by molar-refractivity contribution is 7.89. The average molecular weight is 478 g/mol. The van der Waals surface area contributed by atoms with E-state index in [0.29, 0.717) is 30.8 Å². The van der Waals surface area contributed by atoms with Crippen molar-refractivity contribution in [3.63, 3.8) is 0 Å². The molecule has 0 radical (unpaired) electrons. The van der Waals surface area contributed by atoms with E-state index in [1.165, 1.54) is 27.8 Å². The molecular weight excluding hydrogens is 453 g/mol. The average Bonchev–Trinajstić information content (AvgIpc) is 3.09. The van der Waals surface area contributed by atoms with Gasteiger partial charge >= 0.3 is 0 Å². The first kappa shape index (κ1) is 22.6. The van der Waals surface area contributed by atoms with Gasteiger partial charge in [0.15, 0.2) is 4.80 Å². The van der Waals surface area contributed by atoms with Crippen molar-refractivity contribution >= 4 is 37.5 Å². The quantitative estimate of drug-likeness (QED) is 0.565. The summed E-state index contributed by atoms with van der Waals surface area (Å²) in [5.74, 6) is -0.605. The van der Waals surface area contributed by atoms with Gasteiger partial charge in [-0.15, -0.1) is 0 Å². The van der Waals surface area contributed by atoms with Crippen molar-refractivity contribution < 1.29 is 22.3 Å². The predicted octanol–water partition coefficient (Wildman–Crippen LogP) is 3.31. The van der Waals surface area contributed by atoms with Crippen LogP contribution in [-0.2, 0) is 21.9 Å². The van der Waals surface area contributed by atoms with Crippen LogP contribution < -0.4 is 9.54 Å². The molecule has 2 heterocycles. The lowest BCUT2D eigenvalue weighted by atomic mass is 9.99. The number of sulfonamides is 1. The highest BCUT2D eigenvalue weighted by atomic mass is 32.2. The molecule has 1 unspecified atom stereocenters. The summed E-state index contributed by atoms with van der Waals surface area (Å²) in [6.07, 6.45) is 1.13. The van der Waals surface area contributed by atoms with Gasteiger partial charge in [-0.2, -0.15) is 9.30 Å². The van der Waals surface area contributed by atoms with Gasteiger partial charge in [-0.25, -0.2) is 12.8 Å². The summed E-state index contributed by atoms with van der Waals surface area (Å²) >= 11 is 1.39. The van der Waals surface area contributed by atoms with Crippen molar-refractivity contribution in [2.75, 3.05) is 19.7 Å². The minimum atomic E-state index is -3.80. The smallest absolute Gasteiger partial charge is 0.252 e. The van der Waals surface area contributed by atoms with Crippen LogP contribution in [0, 0.1) is 11.7 Å². The second-order valence-electron chi connectivity index (χ2n) is 7.61. The fourth-order valence-corrected chi connectivity index (χ4v) is 6.36. The molecule has 2 aromatic carbocycles. The molecule has 1 aliphatic heterocycles. The number of hydrogen-bond donors (Lipinski definition) is 0. The van der Waals surface area contributed by atoms with E-state index in [2.05, 4.69) is 4.99 Å². The Morgan fingerprint density at radius 1 is 1.25 bits per heavy atom. The second kappa shape index (κ2) is 9.13. The van der Waals surface area contributed by atoms with Gasteiger partial charge in [0.1, 0.15) is 11.6 Å². The van der Waals surface area contributed by atoms with E-state index in [9.17, 15) is 17.6 Å². The zero-order chi connectivity index (χ0) is 22.9. The monoisotopic (exact) mass is 477 g/mol. The number of halogens is 1. The van der Waals surface area contributed by atoms with Crippen molar-refractivity contribution in [1.82, 2.24) is 8.87 Å². The minimum Gasteiger partial charge on any atom is -0.494 e. The number of aryl methyl sites for hydroxylation is 1. The first-order valence-corrected chi connectivity index (χ1v) is 12.6. The molecule has 32 heavy (non-hydrogen) atoms. The number of ether oxygens (including phenoxy) is 1. The summed E-state index contributed by atoms with van der Waals surface area (Å²) in [6.45, 7) is 2.87. The van der Waals surface area contributed by atoms with Crippen LogP contribution in [0.3, 0.4) is 0 Å². The number of thiazole rings is 1. The highest BCUT2D eigenvalue weighted by Crippen LogP contribution is 2.26. The molecular formula is C22H24FN3O4S2. The molecule has 3 aromatic rings. The molecule has 1 fully saturated rings. The number of benzene rings is 2. The van der Waals surface area contributed by atoms with Crippen LogP contribution in [0.5, 0.6) is 5.75 Å². The van der Waals surface area contributed by atoms with Gasteiger partial charge in [0.25, 0.3) is 5.91 Å². The highest BCUT2D eigenvalue weighted by Gasteiger charge is 2.33. The van der Waals surface area contributed by atoms with Gasteiger partial charge in [0.05, 0.1) is 27.6 Å². The fourth-order valence-electron chi connectivity index (χ4n) is 3.78. The van der Waals surface area contributed by atoms with Gasteiger partial charge in [0, 0.05) is 20.1 Å². The van der Waals surface area contributed by atoms with Gasteiger partial charge in [-0.05, 0) is 62.2 Å². The number of nitrogens with zero attached hydrogens (tertiary/aromatic N) is 3. The Morgan fingerprint density at radius 3 is 2.72 bits per heavy atom. The lowest BCUT2D eigenvalue weighted by Crippen LogP contribution is -2.42. The van der Waals surface area contributed by atoms with Gasteiger partial charge in [-0.3, -0.25) is 4.79 Å². The summed E-state index contributed by atoms with van der Waals surface area (Å²) in [7, 11) is -1.96. The maximum absolute atomic E-state index is 13.2. The molecule has 0 aliphatic carbocycles. The van der Waals surface area contributed by atoms with E-state index in [4.69, 9.17) is 4.74 Å². The van der Waals surface area contributed by atoms with Crippen LogP contribution in [0.2, 0.25) is 0 Å². The summed E-state index contributed by atoms with van der Waals surface area (Å²) in [5, 5.41) is 0. The third kappa shape index (κ3) is 4.48. The Kier molecular flexibility index (Phi) is 6.45. The summed E-state index contributed by atoms with van der Waals surface area (Å²) in [5.41, 5.74) is 0.939. The zero-order valence-corrected chi connectivity index (χ0v) is 19.5. The number of amides is 1. The number of aromatic nitrogens is 1. The van der Waals surface area contributed by atoms with Crippen LogP contribution in [0.25, 0.3) is 10.2 Å². The lowest BCUT2D eigenvalue weighted by Gasteiger charge is -2.30. The Morgan fingerprint density at radius 2 is 2.00 bits per heavy atom. The topological polar surface area (TPSA) is 81.0 Å². The number of hydrogen-bond acceptors (Lipinski definition) is 5. The molecule has 4 rings (SSSR count). The van der Waals surface area contributed by atoms with Gasteiger partial charge < -0.3 is 9.30 Å². The molecule has 0 bridgehead atoms. The zero-order valence-electron chi connectivity index (χ0n) is 17.8. The number of rotatable bonds is 5. The van der Waals surface area contributed by atoms with E-state index in [-0.39, 0.29) is 17.3 Å². The number of carbonyl (C=O) groups excluding carboxylic acids is 1. The van der Waals surface area contributed by atoms with Gasteiger partial charge in [0.2, 0.25) is 10.0 Å². The molecule has 1 amide bonds. The van der Waals surface area contributed by atoms with Crippen molar-refractivity contribution in [1.29, 1.82) is 0 Å². The molecule has 170 valence electrons. The second-order valence-corrected chi connectivity index (χ2v) is 10.6. The third-order valence-corrected chi connectivity index (χ3v) is 8.46. The van der Waals surface area contributed by atoms with Crippen LogP contribution in [0.1, 0.15) is 19.8 Å². The largest absolute Gasteiger partial charge is 0.494 e. The van der Waals surface area contributed by atoms with Crippen molar-refractivity contribution in [2.24, 2.45) is 18.0 Å². The van der Waals surface area contributed by atoms with E-state index >= 15 is 0 Å². The van der Waals surface area contributed by atoms with E-state index in [1.54, 1.807) is 0 Å². The first-order chi connectivity index (χ1) is 15.3. The maximum atomic E-state index is 13.2. The molecule has 0 N–H and O–H groups in total. The lowest BCUT2D eigenvalue weighted by molar-refractivity contribution is -0.122. The third-order valence-electron chi connectivity index (χ3n) is 5.48. The van der Waals surface area contributed by atoms with Crippen LogP contribution in [0.15, 0.2) is 52.4 Å². The van der Waals surface area contributed by atoms with Crippen molar-refractivity contribution in [2.45, 2.75) is 24.7 Å². The SMILES string of the molecule is CCOc1ccc2c(c1)sc(=NC(=O)C1CCCN(S(=O)(=O)c3ccc(F)cc3)C1)n2C. The first-order valence-electron chi connectivity index (χ1n) is 10.4. The van der Waals surface area contributed by atoms with Gasteiger partial charge in [-0.1, -0.05) is 11.3 Å². The molecule has 0 saturated carbocycles. The Balaban J connectivity index is 1.57. The fraction of sp³-hybridized carbons (Fsp3) is 0.364. The molecule has 1 aromatic heterocycles. The molecule has 7 nitrogen and oxygen atoms in total. The Hall–Kier alpha value is -2.56. The Bertz CT molecular complexity index is 1310. The summed E-state index contributed by atoms with van der Waals surface area (Å²) in [4.78, 5) is 17.8. The number of fused-ring (bicyclic) bond motifs is 1. The number of carbonyl (C=O) groups is 1. The normalized spacial score (nSPS) is 18.2. The predicted molar refractivity (Wildman–Crippen MR) is 120 cm³/mol. The van der Waals surface area contributed by atoms with E-state index < -0.39 is 21.8 Å². The Labute approximate surface area is 189 Å². The van der Waals surface area contributed by atoms with Crippen LogP contribution in [0.4, 0.5) is 4.39 Å². The standard InChI is InChI=1S/C22H24FN3O4S2/c1-3-30-17-8-11-19-20(13-17)31-22(25(19)2)24-21(27)15-5-4-12-26(14-15)32(28,29)18-9-6-16(23)7-10-18/h6-11,13,15H,3-5,12,14H2,1-2H3. The molecule has 1 aliphatic rings. The molecule has 1 atom stereocenters. The molecule has 0 spiro atoms. The van der Waals surface area contributed by atoms with Crippen LogP contribution in [-0.4, -0.2) is 42.9 Å². The minimum absolute atomic E-state index is 0.0185. The summed E-state index contributed by atoms with van der Waals surface area (Å²) in [6, 6.07) is 10.5. The van der Waals surface area contributed by atoms with E-state index in [1.807, 2.05) is 36.7 Å². The van der Waals surface area contributed by atoms with E-state index in [0.717, 1.165) is 28.1 Å². The summed E-state index contributed by atoms with van der Waals surface area (Å²) < 4.78 is 48.7. The molecule has 1 saturated heterocycles. The van der Waals surface area contributed by atoms with Crippen molar-refractivity contribution in [3.8, 4) is 5.75 Å². The molecule has 10 heteroatoms.